The minimum Gasteiger partial charge on any atom is -0.331 e. The second-order valence-corrected chi connectivity index (χ2v) is 4.75. The van der Waals surface area contributed by atoms with Gasteiger partial charge in [0.1, 0.15) is 0 Å². The lowest BCUT2D eigenvalue weighted by Gasteiger charge is -1.80. The fraction of sp³-hybridized carbons (Fsp3) is 0.286. The van der Waals surface area contributed by atoms with Crippen molar-refractivity contribution in [3.63, 3.8) is 0 Å². The van der Waals surface area contributed by atoms with Crippen molar-refractivity contribution in [1.29, 1.82) is 0 Å². The number of nitrogens with zero attached hydrogens (tertiary/aromatic N) is 3. The highest BCUT2D eigenvalue weighted by Crippen LogP contribution is 2.26. The Hall–Kier alpha value is -0.750. The van der Waals surface area contributed by atoms with Gasteiger partial charge in [-0.2, -0.15) is 4.98 Å². The number of rotatable bonds is 2. The number of thiazole rings is 1. The molecule has 0 atom stereocenters. The fourth-order valence-corrected chi connectivity index (χ4v) is 1.97. The standard InChI is InChI=1S/C7H6BrN3OS/c1-2-5-10-6(12-11-5)7-9-3-4(8)13-7/h3H,2H2,1H3. The quantitative estimate of drug-likeness (QED) is 0.832. The zero-order chi connectivity index (χ0) is 9.26. The van der Waals surface area contributed by atoms with Crippen LogP contribution in [0.25, 0.3) is 10.9 Å². The van der Waals surface area contributed by atoms with Crippen molar-refractivity contribution in [3.05, 3.63) is 15.8 Å². The Bertz CT molecular complexity index is 411. The van der Waals surface area contributed by atoms with E-state index in [1.54, 1.807) is 6.20 Å². The minimum atomic E-state index is 0.493. The molecule has 68 valence electrons. The minimum absolute atomic E-state index is 0.493. The molecule has 0 fully saturated rings. The Morgan fingerprint density at radius 1 is 1.62 bits per heavy atom. The average Bonchev–Trinajstić information content (AvgIpc) is 2.71. The third kappa shape index (κ3) is 1.78. The molecule has 0 bridgehead atoms. The molecule has 0 saturated carbocycles. The Labute approximate surface area is 87.1 Å². The molecular weight excluding hydrogens is 254 g/mol. The Morgan fingerprint density at radius 2 is 2.46 bits per heavy atom. The van der Waals surface area contributed by atoms with Gasteiger partial charge in [0.2, 0.25) is 0 Å². The summed E-state index contributed by atoms with van der Waals surface area (Å²) in [5, 5.41) is 4.53. The third-order valence-electron chi connectivity index (χ3n) is 1.44. The van der Waals surface area contributed by atoms with Crippen LogP contribution in [0.1, 0.15) is 12.7 Å². The summed E-state index contributed by atoms with van der Waals surface area (Å²) in [6, 6.07) is 0. The zero-order valence-electron chi connectivity index (χ0n) is 6.82. The Balaban J connectivity index is 2.35. The molecule has 4 nitrogen and oxygen atoms in total. The van der Waals surface area contributed by atoms with Gasteiger partial charge in [0.05, 0.1) is 9.98 Å². The number of aryl methyl sites for hydroxylation is 1. The molecule has 2 heterocycles. The van der Waals surface area contributed by atoms with Gasteiger partial charge in [0.25, 0.3) is 5.89 Å². The first-order valence-electron chi connectivity index (χ1n) is 3.74. The van der Waals surface area contributed by atoms with Gasteiger partial charge in [-0.3, -0.25) is 0 Å². The molecule has 0 radical (unpaired) electrons. The predicted octanol–water partition coefficient (Wildman–Crippen LogP) is 2.52. The van der Waals surface area contributed by atoms with E-state index in [2.05, 4.69) is 31.1 Å². The summed E-state index contributed by atoms with van der Waals surface area (Å²) in [5.74, 6) is 1.20. The van der Waals surface area contributed by atoms with Crippen LogP contribution in [0.5, 0.6) is 0 Å². The highest BCUT2D eigenvalue weighted by molar-refractivity contribution is 9.11. The normalized spacial score (nSPS) is 10.6. The molecule has 6 heteroatoms. The van der Waals surface area contributed by atoms with Crippen LogP contribution in [0.15, 0.2) is 14.5 Å². The molecule has 13 heavy (non-hydrogen) atoms. The number of halogens is 1. The molecule has 0 spiro atoms. The van der Waals surface area contributed by atoms with E-state index < -0.39 is 0 Å². The summed E-state index contributed by atoms with van der Waals surface area (Å²) in [5.41, 5.74) is 0. The van der Waals surface area contributed by atoms with Crippen molar-refractivity contribution in [1.82, 2.24) is 15.1 Å². The Kier molecular flexibility index (Phi) is 2.41. The molecule has 0 amide bonds. The first-order valence-corrected chi connectivity index (χ1v) is 5.35. The lowest BCUT2D eigenvalue weighted by molar-refractivity contribution is 0.423. The lowest BCUT2D eigenvalue weighted by Crippen LogP contribution is -1.81. The van der Waals surface area contributed by atoms with Crippen LogP contribution in [0.3, 0.4) is 0 Å². The topological polar surface area (TPSA) is 51.8 Å². The average molecular weight is 260 g/mol. The fourth-order valence-electron chi connectivity index (χ4n) is 0.838. The summed E-state index contributed by atoms with van der Waals surface area (Å²) < 4.78 is 5.98. The molecule has 0 saturated heterocycles. The van der Waals surface area contributed by atoms with Crippen molar-refractivity contribution in [2.24, 2.45) is 0 Å². The molecule has 0 aliphatic carbocycles. The van der Waals surface area contributed by atoms with Gasteiger partial charge in [-0.05, 0) is 15.9 Å². The molecule has 2 rings (SSSR count). The Morgan fingerprint density at radius 3 is 3.00 bits per heavy atom. The van der Waals surface area contributed by atoms with Gasteiger partial charge in [-0.15, -0.1) is 11.3 Å². The van der Waals surface area contributed by atoms with E-state index in [1.807, 2.05) is 6.92 Å². The summed E-state index contributed by atoms with van der Waals surface area (Å²) in [4.78, 5) is 8.27. The van der Waals surface area contributed by atoms with Crippen LogP contribution in [-0.2, 0) is 6.42 Å². The van der Waals surface area contributed by atoms with Crippen LogP contribution < -0.4 is 0 Å². The highest BCUT2D eigenvalue weighted by atomic mass is 79.9. The zero-order valence-corrected chi connectivity index (χ0v) is 9.22. The van der Waals surface area contributed by atoms with Gasteiger partial charge in [-0.1, -0.05) is 12.1 Å². The molecule has 0 aromatic carbocycles. The van der Waals surface area contributed by atoms with Crippen molar-refractivity contribution in [3.8, 4) is 10.9 Å². The van der Waals surface area contributed by atoms with Crippen LogP contribution >= 0.6 is 27.3 Å². The maximum atomic E-state index is 5.02. The van der Waals surface area contributed by atoms with Crippen LogP contribution in [-0.4, -0.2) is 15.1 Å². The lowest BCUT2D eigenvalue weighted by atomic mass is 10.5. The summed E-state index contributed by atoms with van der Waals surface area (Å²) in [7, 11) is 0. The number of hydrogen-bond acceptors (Lipinski definition) is 5. The molecule has 0 aliphatic heterocycles. The largest absolute Gasteiger partial charge is 0.331 e. The SMILES string of the molecule is CCc1noc(-c2ncc(Br)s2)n1. The van der Waals surface area contributed by atoms with E-state index in [-0.39, 0.29) is 0 Å². The van der Waals surface area contributed by atoms with Gasteiger partial charge >= 0.3 is 0 Å². The van der Waals surface area contributed by atoms with E-state index >= 15 is 0 Å². The molecule has 2 aromatic heterocycles. The van der Waals surface area contributed by atoms with Crippen molar-refractivity contribution in [2.75, 3.05) is 0 Å². The van der Waals surface area contributed by atoms with E-state index in [0.717, 1.165) is 15.2 Å². The third-order valence-corrected chi connectivity index (χ3v) is 2.91. The van der Waals surface area contributed by atoms with Crippen LogP contribution in [0.4, 0.5) is 0 Å². The second kappa shape index (κ2) is 3.55. The smallest absolute Gasteiger partial charge is 0.286 e. The van der Waals surface area contributed by atoms with E-state index in [0.29, 0.717) is 11.7 Å². The monoisotopic (exact) mass is 259 g/mol. The molecule has 0 unspecified atom stereocenters. The van der Waals surface area contributed by atoms with Gasteiger partial charge in [0.15, 0.2) is 10.8 Å². The van der Waals surface area contributed by atoms with Gasteiger partial charge in [0, 0.05) is 6.42 Å². The van der Waals surface area contributed by atoms with Gasteiger partial charge in [-0.25, -0.2) is 4.98 Å². The number of hydrogen-bond donors (Lipinski definition) is 0. The molecular formula is C7H6BrN3OS. The van der Waals surface area contributed by atoms with E-state index in [4.69, 9.17) is 4.52 Å². The van der Waals surface area contributed by atoms with Crippen molar-refractivity contribution >= 4 is 27.3 Å². The maximum absolute atomic E-state index is 5.02. The van der Waals surface area contributed by atoms with Crippen LogP contribution in [0, 0.1) is 0 Å². The van der Waals surface area contributed by atoms with Crippen molar-refractivity contribution < 1.29 is 4.52 Å². The first-order chi connectivity index (χ1) is 6.29. The summed E-state index contributed by atoms with van der Waals surface area (Å²) in [6.45, 7) is 1.98. The van der Waals surface area contributed by atoms with E-state index in [1.165, 1.54) is 11.3 Å². The highest BCUT2D eigenvalue weighted by Gasteiger charge is 2.10. The van der Waals surface area contributed by atoms with Crippen LogP contribution in [0.2, 0.25) is 0 Å². The second-order valence-electron chi connectivity index (χ2n) is 2.34. The molecule has 0 N–H and O–H groups in total. The molecule has 0 aliphatic rings. The summed E-state index contributed by atoms with van der Waals surface area (Å²) >= 11 is 4.79. The molecule has 2 aromatic rings. The van der Waals surface area contributed by atoms with E-state index in [9.17, 15) is 0 Å². The van der Waals surface area contributed by atoms with Gasteiger partial charge < -0.3 is 4.52 Å². The van der Waals surface area contributed by atoms with Crippen molar-refractivity contribution in [2.45, 2.75) is 13.3 Å². The predicted molar refractivity (Wildman–Crippen MR) is 52.5 cm³/mol. The first kappa shape index (κ1) is 8.83. The summed E-state index contributed by atoms with van der Waals surface area (Å²) in [6.07, 6.45) is 2.49. The maximum Gasteiger partial charge on any atom is 0.286 e. The number of aromatic nitrogens is 3.